The second-order valence-corrected chi connectivity index (χ2v) is 4.75. The van der Waals surface area contributed by atoms with E-state index >= 15 is 0 Å². The minimum Gasteiger partial charge on any atom is -0.338 e. The van der Waals surface area contributed by atoms with Gasteiger partial charge in [0, 0.05) is 12.7 Å². The second kappa shape index (κ2) is 7.38. The predicted molar refractivity (Wildman–Crippen MR) is 79.3 cm³/mol. The van der Waals surface area contributed by atoms with Gasteiger partial charge in [0.2, 0.25) is 0 Å². The van der Waals surface area contributed by atoms with Crippen LogP contribution in [0.4, 0.5) is 9.18 Å². The summed E-state index contributed by atoms with van der Waals surface area (Å²) in [5.41, 5.74) is 1.79. The van der Waals surface area contributed by atoms with Crippen LogP contribution in [0.15, 0.2) is 48.7 Å². The standard InChI is InChI=1S/C16H18FN3O/c1-12(15-4-2-3-10-18-15)20-16(21)19-11-9-13-5-7-14(17)8-6-13/h2-8,10,12H,9,11H2,1H3,(H2,19,20,21). The van der Waals surface area contributed by atoms with Crippen LogP contribution in [0.25, 0.3) is 0 Å². The lowest BCUT2D eigenvalue weighted by atomic mass is 10.1. The van der Waals surface area contributed by atoms with Gasteiger partial charge in [0.05, 0.1) is 11.7 Å². The van der Waals surface area contributed by atoms with Crippen LogP contribution in [0.5, 0.6) is 0 Å². The van der Waals surface area contributed by atoms with Gasteiger partial charge in [0.25, 0.3) is 0 Å². The summed E-state index contributed by atoms with van der Waals surface area (Å²) < 4.78 is 12.8. The molecule has 21 heavy (non-hydrogen) atoms. The maximum Gasteiger partial charge on any atom is 0.315 e. The largest absolute Gasteiger partial charge is 0.338 e. The van der Waals surface area contributed by atoms with Gasteiger partial charge in [-0.25, -0.2) is 9.18 Å². The van der Waals surface area contributed by atoms with Gasteiger partial charge in [-0.1, -0.05) is 18.2 Å². The first-order chi connectivity index (χ1) is 10.1. The number of halogens is 1. The first kappa shape index (κ1) is 15.0. The number of nitrogens with zero attached hydrogens (tertiary/aromatic N) is 1. The van der Waals surface area contributed by atoms with E-state index in [0.717, 1.165) is 11.3 Å². The molecule has 4 nitrogen and oxygen atoms in total. The van der Waals surface area contributed by atoms with Crippen molar-refractivity contribution >= 4 is 6.03 Å². The quantitative estimate of drug-likeness (QED) is 0.888. The molecule has 5 heteroatoms. The van der Waals surface area contributed by atoms with Crippen LogP contribution in [0.3, 0.4) is 0 Å². The van der Waals surface area contributed by atoms with E-state index in [9.17, 15) is 9.18 Å². The van der Waals surface area contributed by atoms with Crippen molar-refractivity contribution in [3.05, 3.63) is 65.7 Å². The molecular formula is C16H18FN3O. The highest BCUT2D eigenvalue weighted by Gasteiger charge is 2.09. The third-order valence-electron chi connectivity index (χ3n) is 3.09. The van der Waals surface area contributed by atoms with E-state index in [-0.39, 0.29) is 17.9 Å². The Morgan fingerprint density at radius 2 is 2.00 bits per heavy atom. The van der Waals surface area contributed by atoms with E-state index in [1.807, 2.05) is 25.1 Å². The lowest BCUT2D eigenvalue weighted by molar-refractivity contribution is 0.238. The van der Waals surface area contributed by atoms with Gasteiger partial charge >= 0.3 is 6.03 Å². The monoisotopic (exact) mass is 287 g/mol. The van der Waals surface area contributed by atoms with Gasteiger partial charge < -0.3 is 10.6 Å². The number of urea groups is 1. The Hall–Kier alpha value is -2.43. The number of amides is 2. The SMILES string of the molecule is CC(NC(=O)NCCc1ccc(F)cc1)c1ccccn1. The summed E-state index contributed by atoms with van der Waals surface area (Å²) in [6.07, 6.45) is 2.35. The summed E-state index contributed by atoms with van der Waals surface area (Å²) >= 11 is 0. The molecule has 0 aliphatic heterocycles. The molecule has 2 N–H and O–H groups in total. The van der Waals surface area contributed by atoms with Gasteiger partial charge in [-0.15, -0.1) is 0 Å². The number of hydrogen-bond donors (Lipinski definition) is 2. The highest BCUT2D eigenvalue weighted by molar-refractivity contribution is 5.74. The van der Waals surface area contributed by atoms with Crippen LogP contribution in [-0.4, -0.2) is 17.6 Å². The van der Waals surface area contributed by atoms with E-state index in [2.05, 4.69) is 15.6 Å². The molecule has 0 aliphatic rings. The Labute approximate surface area is 123 Å². The Balaban J connectivity index is 1.73. The summed E-state index contributed by atoms with van der Waals surface area (Å²) in [6.45, 7) is 2.37. The normalized spacial score (nSPS) is 11.7. The molecule has 0 spiro atoms. The number of carbonyl (C=O) groups excluding carboxylic acids is 1. The molecular weight excluding hydrogens is 269 g/mol. The topological polar surface area (TPSA) is 54.0 Å². The van der Waals surface area contributed by atoms with Crippen LogP contribution >= 0.6 is 0 Å². The molecule has 1 aromatic carbocycles. The van der Waals surface area contributed by atoms with Crippen molar-refractivity contribution in [2.75, 3.05) is 6.54 Å². The van der Waals surface area contributed by atoms with Crippen molar-refractivity contribution in [3.8, 4) is 0 Å². The van der Waals surface area contributed by atoms with Crippen molar-refractivity contribution in [2.45, 2.75) is 19.4 Å². The number of nitrogens with one attached hydrogen (secondary N) is 2. The smallest absolute Gasteiger partial charge is 0.315 e. The summed E-state index contributed by atoms with van der Waals surface area (Å²) in [4.78, 5) is 16.0. The van der Waals surface area contributed by atoms with Crippen LogP contribution in [0, 0.1) is 5.82 Å². The molecule has 1 unspecified atom stereocenters. The van der Waals surface area contributed by atoms with Crippen LogP contribution in [0.2, 0.25) is 0 Å². The molecule has 1 aromatic heterocycles. The highest BCUT2D eigenvalue weighted by atomic mass is 19.1. The number of rotatable bonds is 5. The van der Waals surface area contributed by atoms with Crippen molar-refractivity contribution in [3.63, 3.8) is 0 Å². The summed E-state index contributed by atoms with van der Waals surface area (Å²) in [7, 11) is 0. The third kappa shape index (κ3) is 4.87. The lowest BCUT2D eigenvalue weighted by Crippen LogP contribution is -2.38. The fraction of sp³-hybridized carbons (Fsp3) is 0.250. The fourth-order valence-electron chi connectivity index (χ4n) is 1.93. The van der Waals surface area contributed by atoms with Gasteiger partial charge in [-0.2, -0.15) is 0 Å². The van der Waals surface area contributed by atoms with E-state index in [0.29, 0.717) is 13.0 Å². The van der Waals surface area contributed by atoms with Crippen molar-refractivity contribution in [1.82, 2.24) is 15.6 Å². The van der Waals surface area contributed by atoms with Crippen LogP contribution in [-0.2, 0) is 6.42 Å². The molecule has 0 saturated carbocycles. The first-order valence-corrected chi connectivity index (χ1v) is 6.85. The maximum atomic E-state index is 12.8. The molecule has 1 atom stereocenters. The molecule has 110 valence electrons. The average Bonchev–Trinajstić information content (AvgIpc) is 2.50. The van der Waals surface area contributed by atoms with Gasteiger partial charge in [0.1, 0.15) is 5.82 Å². The van der Waals surface area contributed by atoms with Gasteiger partial charge in [-0.3, -0.25) is 4.98 Å². The van der Waals surface area contributed by atoms with E-state index in [4.69, 9.17) is 0 Å². The van der Waals surface area contributed by atoms with E-state index in [1.165, 1.54) is 12.1 Å². The predicted octanol–water partition coefficient (Wildman–Crippen LogP) is 2.82. The fourth-order valence-corrected chi connectivity index (χ4v) is 1.93. The molecule has 0 aliphatic carbocycles. The second-order valence-electron chi connectivity index (χ2n) is 4.75. The van der Waals surface area contributed by atoms with Gasteiger partial charge in [-0.05, 0) is 43.2 Å². The van der Waals surface area contributed by atoms with Crippen molar-refractivity contribution in [1.29, 1.82) is 0 Å². The molecule has 2 aromatic rings. The third-order valence-corrected chi connectivity index (χ3v) is 3.09. The lowest BCUT2D eigenvalue weighted by Gasteiger charge is -2.14. The Bertz CT molecular complexity index is 572. The number of aromatic nitrogens is 1. The minimum absolute atomic E-state index is 0.156. The molecule has 0 bridgehead atoms. The average molecular weight is 287 g/mol. The van der Waals surface area contributed by atoms with Crippen LogP contribution in [0.1, 0.15) is 24.2 Å². The molecule has 2 rings (SSSR count). The summed E-state index contributed by atoms with van der Waals surface area (Å²) in [5, 5.41) is 5.59. The zero-order valence-electron chi connectivity index (χ0n) is 11.8. The Kier molecular flexibility index (Phi) is 5.26. The number of carbonyl (C=O) groups is 1. The molecule has 1 heterocycles. The number of benzene rings is 1. The van der Waals surface area contributed by atoms with Crippen molar-refractivity contribution < 1.29 is 9.18 Å². The zero-order valence-corrected chi connectivity index (χ0v) is 11.8. The highest BCUT2D eigenvalue weighted by Crippen LogP contribution is 2.07. The van der Waals surface area contributed by atoms with Crippen LogP contribution < -0.4 is 10.6 Å². The van der Waals surface area contributed by atoms with E-state index in [1.54, 1.807) is 18.3 Å². The Morgan fingerprint density at radius 3 is 2.67 bits per heavy atom. The molecule has 0 fully saturated rings. The summed E-state index contributed by atoms with van der Waals surface area (Å²) in [5.74, 6) is -0.256. The first-order valence-electron chi connectivity index (χ1n) is 6.85. The van der Waals surface area contributed by atoms with Gasteiger partial charge in [0.15, 0.2) is 0 Å². The maximum absolute atomic E-state index is 12.8. The van der Waals surface area contributed by atoms with E-state index < -0.39 is 0 Å². The number of hydrogen-bond acceptors (Lipinski definition) is 2. The molecule has 0 saturated heterocycles. The number of pyridine rings is 1. The Morgan fingerprint density at radius 1 is 1.24 bits per heavy atom. The molecule has 2 amide bonds. The minimum atomic E-state index is -0.256. The molecule has 0 radical (unpaired) electrons. The summed E-state index contributed by atoms with van der Waals surface area (Å²) in [6, 6.07) is 11.4. The zero-order chi connectivity index (χ0) is 15.1. The van der Waals surface area contributed by atoms with Crippen molar-refractivity contribution in [2.24, 2.45) is 0 Å².